The summed E-state index contributed by atoms with van der Waals surface area (Å²) in [5, 5.41) is 8.89. The van der Waals surface area contributed by atoms with E-state index in [1.54, 1.807) is 0 Å². The fourth-order valence-electron chi connectivity index (χ4n) is 2.45. The summed E-state index contributed by atoms with van der Waals surface area (Å²) in [5.41, 5.74) is 5.59. The Kier molecular flexibility index (Phi) is 4.22. The van der Waals surface area contributed by atoms with Gasteiger partial charge in [-0.05, 0) is 31.5 Å². The molecular weight excluding hydrogens is 296 g/mol. The van der Waals surface area contributed by atoms with Crippen LogP contribution >= 0.6 is 0 Å². The van der Waals surface area contributed by atoms with E-state index >= 15 is 0 Å². The second kappa shape index (κ2) is 5.63. The fourth-order valence-corrected chi connectivity index (χ4v) is 3.99. The molecule has 7 nitrogen and oxygen atoms in total. The van der Waals surface area contributed by atoms with Crippen molar-refractivity contribution in [1.82, 2.24) is 4.31 Å². The van der Waals surface area contributed by atoms with Gasteiger partial charge in [0.15, 0.2) is 0 Å². The molecule has 0 amide bonds. The monoisotopic (exact) mass is 314 g/mol. The van der Waals surface area contributed by atoms with Gasteiger partial charge in [-0.25, -0.2) is 13.2 Å². The Bertz CT molecular complexity index is 659. The number of carboxylic acid groups (broad SMARTS) is 1. The van der Waals surface area contributed by atoms with Gasteiger partial charge in [0.1, 0.15) is 4.90 Å². The highest BCUT2D eigenvalue weighted by Crippen LogP contribution is 2.28. The number of ether oxygens (including phenoxy) is 1. The first-order chi connectivity index (χ1) is 9.75. The summed E-state index contributed by atoms with van der Waals surface area (Å²) in [6.45, 7) is 2.33. The number of hydrogen-bond donors (Lipinski definition) is 2. The van der Waals surface area contributed by atoms with Crippen molar-refractivity contribution in [3.8, 4) is 0 Å². The fraction of sp³-hybridized carbons (Fsp3) is 0.462. The van der Waals surface area contributed by atoms with Gasteiger partial charge in [-0.3, -0.25) is 0 Å². The maximum Gasteiger partial charge on any atom is 0.335 e. The van der Waals surface area contributed by atoms with E-state index in [-0.39, 0.29) is 28.3 Å². The largest absolute Gasteiger partial charge is 0.478 e. The number of nitrogen functional groups attached to an aromatic ring is 1. The second-order valence-corrected chi connectivity index (χ2v) is 6.98. The minimum atomic E-state index is -3.79. The molecule has 1 aromatic carbocycles. The van der Waals surface area contributed by atoms with Crippen LogP contribution in [0.1, 0.15) is 23.7 Å². The van der Waals surface area contributed by atoms with E-state index in [0.29, 0.717) is 13.0 Å². The molecule has 2 unspecified atom stereocenters. The van der Waals surface area contributed by atoms with E-state index in [1.165, 1.54) is 23.5 Å². The van der Waals surface area contributed by atoms with Crippen LogP contribution in [0.5, 0.6) is 0 Å². The van der Waals surface area contributed by atoms with E-state index in [1.807, 2.05) is 6.92 Å². The smallest absolute Gasteiger partial charge is 0.335 e. The number of nitrogens with zero attached hydrogens (tertiary/aromatic N) is 1. The third-order valence-electron chi connectivity index (χ3n) is 3.72. The van der Waals surface area contributed by atoms with Crippen LogP contribution in [-0.2, 0) is 14.8 Å². The third-order valence-corrected chi connectivity index (χ3v) is 5.67. The number of carbonyl (C=O) groups is 1. The van der Waals surface area contributed by atoms with Crippen LogP contribution in [0.15, 0.2) is 23.1 Å². The molecule has 1 aliphatic rings. The summed E-state index contributed by atoms with van der Waals surface area (Å²) in [7, 11) is -2.31. The lowest BCUT2D eigenvalue weighted by molar-refractivity contribution is 0.0697. The number of hydrogen-bond acceptors (Lipinski definition) is 5. The number of benzene rings is 1. The molecule has 3 N–H and O–H groups in total. The van der Waals surface area contributed by atoms with Gasteiger partial charge in [0.25, 0.3) is 0 Å². The molecule has 21 heavy (non-hydrogen) atoms. The van der Waals surface area contributed by atoms with Crippen molar-refractivity contribution in [2.75, 3.05) is 19.4 Å². The molecule has 1 aliphatic heterocycles. The first kappa shape index (κ1) is 15.7. The standard InChI is InChI=1S/C13H18N2O5S/c1-8-11(5-6-20-8)15(2)21(18,19)12-4-3-9(13(16)17)7-10(12)14/h3-4,7-8,11H,5-6,14H2,1-2H3,(H,16,17). The van der Waals surface area contributed by atoms with E-state index in [4.69, 9.17) is 15.6 Å². The Morgan fingerprint density at radius 3 is 2.62 bits per heavy atom. The van der Waals surface area contributed by atoms with Crippen LogP contribution < -0.4 is 5.73 Å². The highest BCUT2D eigenvalue weighted by Gasteiger charge is 2.36. The summed E-state index contributed by atoms with van der Waals surface area (Å²) in [4.78, 5) is 10.8. The van der Waals surface area contributed by atoms with Crippen LogP contribution in [0.3, 0.4) is 0 Å². The van der Waals surface area contributed by atoms with Crippen molar-refractivity contribution in [3.05, 3.63) is 23.8 Å². The van der Waals surface area contributed by atoms with Crippen molar-refractivity contribution in [2.45, 2.75) is 30.4 Å². The molecule has 0 bridgehead atoms. The van der Waals surface area contributed by atoms with Crippen molar-refractivity contribution >= 4 is 21.7 Å². The van der Waals surface area contributed by atoms with Gasteiger partial charge in [0.05, 0.1) is 23.4 Å². The number of carboxylic acids is 1. The van der Waals surface area contributed by atoms with Gasteiger partial charge in [-0.1, -0.05) is 0 Å². The van der Waals surface area contributed by atoms with Crippen LogP contribution in [0.4, 0.5) is 5.69 Å². The maximum atomic E-state index is 12.6. The van der Waals surface area contributed by atoms with Crippen LogP contribution in [-0.4, -0.2) is 49.6 Å². The number of anilines is 1. The Labute approximate surface area is 123 Å². The van der Waals surface area contributed by atoms with Gasteiger partial charge >= 0.3 is 5.97 Å². The van der Waals surface area contributed by atoms with E-state index < -0.39 is 16.0 Å². The summed E-state index contributed by atoms with van der Waals surface area (Å²) in [6, 6.07) is 3.35. The zero-order valence-electron chi connectivity index (χ0n) is 11.8. The molecule has 0 aromatic heterocycles. The maximum absolute atomic E-state index is 12.6. The van der Waals surface area contributed by atoms with E-state index in [0.717, 1.165) is 6.07 Å². The molecule has 2 atom stereocenters. The quantitative estimate of drug-likeness (QED) is 0.794. The molecule has 8 heteroatoms. The molecule has 0 saturated carbocycles. The van der Waals surface area contributed by atoms with Gasteiger partial charge < -0.3 is 15.6 Å². The molecule has 1 heterocycles. The third kappa shape index (κ3) is 2.87. The number of nitrogens with two attached hydrogens (primary N) is 1. The summed E-state index contributed by atoms with van der Waals surface area (Å²) < 4.78 is 31.8. The van der Waals surface area contributed by atoms with Crippen molar-refractivity contribution in [1.29, 1.82) is 0 Å². The summed E-state index contributed by atoms with van der Waals surface area (Å²) in [5.74, 6) is -1.16. The molecule has 1 aromatic rings. The Hall–Kier alpha value is -1.64. The molecule has 0 radical (unpaired) electrons. The van der Waals surface area contributed by atoms with Crippen molar-refractivity contribution in [3.63, 3.8) is 0 Å². The average Bonchev–Trinajstić information content (AvgIpc) is 2.83. The number of aromatic carboxylic acids is 1. The van der Waals surface area contributed by atoms with Crippen LogP contribution in [0.2, 0.25) is 0 Å². The molecule has 1 saturated heterocycles. The second-order valence-electron chi connectivity index (χ2n) is 5.01. The van der Waals surface area contributed by atoms with Crippen LogP contribution in [0.25, 0.3) is 0 Å². The van der Waals surface area contributed by atoms with Gasteiger partial charge in [-0.2, -0.15) is 4.31 Å². The number of likely N-dealkylation sites (N-methyl/N-ethyl adjacent to an activating group) is 1. The minimum absolute atomic E-state index is 0.0494. The average molecular weight is 314 g/mol. The Balaban J connectivity index is 2.37. The highest BCUT2D eigenvalue weighted by atomic mass is 32.2. The lowest BCUT2D eigenvalue weighted by Gasteiger charge is -2.26. The van der Waals surface area contributed by atoms with Gasteiger partial charge in [0.2, 0.25) is 10.0 Å². The normalized spacial score (nSPS) is 22.6. The summed E-state index contributed by atoms with van der Waals surface area (Å²) >= 11 is 0. The predicted molar refractivity (Wildman–Crippen MR) is 76.6 cm³/mol. The first-order valence-electron chi connectivity index (χ1n) is 6.47. The van der Waals surface area contributed by atoms with E-state index in [2.05, 4.69) is 0 Å². The Morgan fingerprint density at radius 2 is 2.14 bits per heavy atom. The van der Waals surface area contributed by atoms with Crippen molar-refractivity contribution in [2.24, 2.45) is 0 Å². The lowest BCUT2D eigenvalue weighted by Crippen LogP contribution is -2.41. The van der Waals surface area contributed by atoms with Gasteiger partial charge in [-0.15, -0.1) is 0 Å². The van der Waals surface area contributed by atoms with Gasteiger partial charge in [0, 0.05) is 13.7 Å². The number of rotatable bonds is 4. The highest BCUT2D eigenvalue weighted by molar-refractivity contribution is 7.89. The zero-order valence-corrected chi connectivity index (χ0v) is 12.6. The van der Waals surface area contributed by atoms with Crippen LogP contribution in [0, 0.1) is 0 Å². The van der Waals surface area contributed by atoms with E-state index in [9.17, 15) is 13.2 Å². The Morgan fingerprint density at radius 1 is 1.48 bits per heavy atom. The number of sulfonamides is 1. The van der Waals surface area contributed by atoms with Crippen molar-refractivity contribution < 1.29 is 23.1 Å². The zero-order chi connectivity index (χ0) is 15.8. The molecule has 0 aliphatic carbocycles. The summed E-state index contributed by atoms with van der Waals surface area (Å²) in [6.07, 6.45) is 0.425. The molecule has 2 rings (SSSR count). The first-order valence-corrected chi connectivity index (χ1v) is 7.91. The molecule has 116 valence electrons. The molecule has 1 fully saturated rings. The minimum Gasteiger partial charge on any atom is -0.478 e. The SMILES string of the molecule is CC1OCCC1N(C)S(=O)(=O)c1ccc(C(=O)O)cc1N. The topological polar surface area (TPSA) is 110 Å². The molecule has 0 spiro atoms. The predicted octanol–water partition coefficient (Wildman–Crippen LogP) is 0.765. The lowest BCUT2D eigenvalue weighted by atomic mass is 10.2. The molecular formula is C13H18N2O5S.